The Hall–Kier alpha value is -0.0800. The smallest absolute Gasteiger partial charge is 0.0433 e. The van der Waals surface area contributed by atoms with Gasteiger partial charge in [-0.1, -0.05) is 117 Å². The summed E-state index contributed by atoms with van der Waals surface area (Å²) in [5, 5.41) is 8.98. The Balaban J connectivity index is 0. The first-order valence-corrected chi connectivity index (χ1v) is 10.5. The van der Waals surface area contributed by atoms with E-state index < -0.39 is 0 Å². The van der Waals surface area contributed by atoms with Gasteiger partial charge in [-0.3, -0.25) is 0 Å². The van der Waals surface area contributed by atoms with E-state index in [-0.39, 0.29) is 6.15 Å². The lowest BCUT2D eigenvalue weighted by atomic mass is 9.95. The molecule has 0 aromatic rings. The molecule has 0 aromatic carbocycles. The van der Waals surface area contributed by atoms with Crippen LogP contribution in [-0.2, 0) is 0 Å². The molecule has 142 valence electrons. The zero-order chi connectivity index (χ0) is 16.3. The van der Waals surface area contributed by atoms with Gasteiger partial charge in [0.05, 0.1) is 0 Å². The summed E-state index contributed by atoms with van der Waals surface area (Å²) >= 11 is 0. The summed E-state index contributed by atoms with van der Waals surface area (Å²) < 4.78 is 0. The maximum Gasteiger partial charge on any atom is 0.0433 e. The van der Waals surface area contributed by atoms with Crippen molar-refractivity contribution in [2.75, 3.05) is 6.61 Å². The topological polar surface area (TPSA) is 55.2 Å². The third kappa shape index (κ3) is 19.9. The van der Waals surface area contributed by atoms with Crippen LogP contribution in [0.4, 0.5) is 0 Å². The normalized spacial score (nSPS) is 12.1. The Bertz CT molecular complexity index is 196. The lowest BCUT2D eigenvalue weighted by Gasteiger charge is -2.12. The van der Waals surface area contributed by atoms with Crippen molar-refractivity contribution in [1.82, 2.24) is 6.15 Å². The molecular weight excluding hydrogens is 282 g/mol. The summed E-state index contributed by atoms with van der Waals surface area (Å²) in [5.41, 5.74) is 0. The van der Waals surface area contributed by atoms with Crippen LogP contribution >= 0.6 is 0 Å². The van der Waals surface area contributed by atoms with Crippen LogP contribution < -0.4 is 6.15 Å². The molecule has 1 atom stereocenters. The van der Waals surface area contributed by atoms with Gasteiger partial charge in [-0.05, 0) is 12.3 Å². The molecule has 0 radical (unpaired) electrons. The van der Waals surface area contributed by atoms with Crippen LogP contribution in [-0.4, -0.2) is 11.7 Å². The Kier molecular flexibility index (Phi) is 24.0. The standard InChI is InChI=1S/C21H44O.H3N/c1-3-5-6-7-8-9-10-11-12-13-14-15-16-17-18-21(4-2)19-20-22;/h21-22H,3-20H2,1-2H3;1H3. The molecule has 0 spiro atoms. The largest absolute Gasteiger partial charge is 0.396 e. The number of hydrogen-bond donors (Lipinski definition) is 2. The Morgan fingerprint density at radius 3 is 1.30 bits per heavy atom. The maximum absolute atomic E-state index is 8.98. The van der Waals surface area contributed by atoms with Crippen LogP contribution in [0.2, 0.25) is 0 Å². The van der Waals surface area contributed by atoms with Crippen molar-refractivity contribution in [3.05, 3.63) is 0 Å². The number of rotatable bonds is 18. The molecule has 0 aromatic heterocycles. The highest BCUT2D eigenvalue weighted by atomic mass is 16.3. The van der Waals surface area contributed by atoms with E-state index in [1.807, 2.05) is 0 Å². The first-order valence-electron chi connectivity index (χ1n) is 10.5. The van der Waals surface area contributed by atoms with Crippen molar-refractivity contribution in [2.24, 2.45) is 5.92 Å². The summed E-state index contributed by atoms with van der Waals surface area (Å²) in [7, 11) is 0. The number of unbranched alkanes of at least 4 members (excludes halogenated alkanes) is 13. The third-order valence-corrected chi connectivity index (χ3v) is 5.08. The molecule has 0 bridgehead atoms. The van der Waals surface area contributed by atoms with Crippen LogP contribution in [0.5, 0.6) is 0 Å². The second-order valence-electron chi connectivity index (χ2n) is 7.17. The van der Waals surface area contributed by atoms with E-state index in [9.17, 15) is 0 Å². The quantitative estimate of drug-likeness (QED) is 0.257. The molecule has 23 heavy (non-hydrogen) atoms. The minimum absolute atomic E-state index is 0. The summed E-state index contributed by atoms with van der Waals surface area (Å²) in [4.78, 5) is 0. The van der Waals surface area contributed by atoms with Gasteiger partial charge in [0.25, 0.3) is 0 Å². The number of aliphatic hydroxyl groups excluding tert-OH is 1. The lowest BCUT2D eigenvalue weighted by molar-refractivity contribution is 0.246. The molecule has 0 aliphatic heterocycles. The van der Waals surface area contributed by atoms with Gasteiger partial charge < -0.3 is 11.3 Å². The molecule has 0 aliphatic rings. The molecule has 0 rings (SSSR count). The SMILES string of the molecule is CCCCCCCCCCCCCCCCC(CC)CCO.N. The third-order valence-electron chi connectivity index (χ3n) is 5.08. The molecule has 2 nitrogen and oxygen atoms in total. The second kappa shape index (κ2) is 21.9. The average molecular weight is 330 g/mol. The molecular formula is C21H47NO. The van der Waals surface area contributed by atoms with E-state index in [4.69, 9.17) is 5.11 Å². The van der Waals surface area contributed by atoms with Crippen LogP contribution in [0.15, 0.2) is 0 Å². The predicted octanol–water partition coefficient (Wildman–Crippen LogP) is 7.43. The molecule has 0 saturated carbocycles. The second-order valence-corrected chi connectivity index (χ2v) is 7.17. The Morgan fingerprint density at radius 2 is 0.957 bits per heavy atom. The molecule has 4 N–H and O–H groups in total. The fraction of sp³-hybridized carbons (Fsp3) is 1.00. The van der Waals surface area contributed by atoms with E-state index in [1.165, 1.54) is 103 Å². The minimum Gasteiger partial charge on any atom is -0.396 e. The monoisotopic (exact) mass is 329 g/mol. The van der Waals surface area contributed by atoms with Crippen LogP contribution in [0, 0.1) is 5.92 Å². The van der Waals surface area contributed by atoms with Gasteiger partial charge in [0.15, 0.2) is 0 Å². The summed E-state index contributed by atoms with van der Waals surface area (Å²) in [6.07, 6.45) is 23.7. The Morgan fingerprint density at radius 1 is 0.565 bits per heavy atom. The molecule has 2 heteroatoms. The van der Waals surface area contributed by atoms with Crippen molar-refractivity contribution in [3.63, 3.8) is 0 Å². The molecule has 0 amide bonds. The number of hydrogen-bond acceptors (Lipinski definition) is 2. The zero-order valence-corrected chi connectivity index (χ0v) is 16.5. The van der Waals surface area contributed by atoms with Gasteiger partial charge in [0.1, 0.15) is 0 Å². The summed E-state index contributed by atoms with van der Waals surface area (Å²) in [5.74, 6) is 0.766. The minimum atomic E-state index is 0. The highest BCUT2D eigenvalue weighted by molar-refractivity contribution is 4.57. The van der Waals surface area contributed by atoms with E-state index >= 15 is 0 Å². The average Bonchev–Trinajstić information content (AvgIpc) is 2.54. The highest BCUT2D eigenvalue weighted by Crippen LogP contribution is 2.18. The molecule has 0 fully saturated rings. The van der Waals surface area contributed by atoms with E-state index in [0.29, 0.717) is 6.61 Å². The first-order chi connectivity index (χ1) is 10.8. The molecule has 1 unspecified atom stereocenters. The highest BCUT2D eigenvalue weighted by Gasteiger charge is 2.04. The lowest BCUT2D eigenvalue weighted by Crippen LogP contribution is -2.01. The van der Waals surface area contributed by atoms with Gasteiger partial charge >= 0.3 is 0 Å². The number of aliphatic hydroxyl groups is 1. The molecule has 0 saturated heterocycles. The molecule has 0 aliphatic carbocycles. The predicted molar refractivity (Wildman–Crippen MR) is 105 cm³/mol. The van der Waals surface area contributed by atoms with E-state index in [0.717, 1.165) is 12.3 Å². The van der Waals surface area contributed by atoms with Crippen molar-refractivity contribution in [3.8, 4) is 0 Å². The van der Waals surface area contributed by atoms with Gasteiger partial charge in [0, 0.05) is 6.61 Å². The van der Waals surface area contributed by atoms with E-state index in [1.54, 1.807) is 0 Å². The maximum atomic E-state index is 8.98. The fourth-order valence-electron chi connectivity index (χ4n) is 3.36. The van der Waals surface area contributed by atoms with Crippen molar-refractivity contribution >= 4 is 0 Å². The van der Waals surface area contributed by atoms with Gasteiger partial charge in [0.2, 0.25) is 0 Å². The summed E-state index contributed by atoms with van der Waals surface area (Å²) in [6.45, 7) is 4.92. The van der Waals surface area contributed by atoms with Crippen molar-refractivity contribution in [2.45, 2.75) is 123 Å². The van der Waals surface area contributed by atoms with Crippen LogP contribution in [0.1, 0.15) is 123 Å². The van der Waals surface area contributed by atoms with Crippen molar-refractivity contribution in [1.29, 1.82) is 0 Å². The fourth-order valence-corrected chi connectivity index (χ4v) is 3.36. The Labute approximate surface area is 147 Å². The van der Waals surface area contributed by atoms with E-state index in [2.05, 4.69) is 13.8 Å². The van der Waals surface area contributed by atoms with Crippen LogP contribution in [0.3, 0.4) is 0 Å². The zero-order valence-electron chi connectivity index (χ0n) is 16.5. The van der Waals surface area contributed by atoms with Crippen molar-refractivity contribution < 1.29 is 5.11 Å². The molecule has 0 heterocycles. The van der Waals surface area contributed by atoms with Gasteiger partial charge in [-0.2, -0.15) is 0 Å². The van der Waals surface area contributed by atoms with Gasteiger partial charge in [-0.15, -0.1) is 0 Å². The van der Waals surface area contributed by atoms with Gasteiger partial charge in [-0.25, -0.2) is 0 Å². The summed E-state index contributed by atoms with van der Waals surface area (Å²) in [6, 6.07) is 0. The first kappa shape index (κ1) is 25.2. The van der Waals surface area contributed by atoms with Crippen LogP contribution in [0.25, 0.3) is 0 Å².